The number of ether oxygens (including phenoxy) is 3. The molecule has 0 saturated heterocycles. The summed E-state index contributed by atoms with van der Waals surface area (Å²) < 4.78 is 16.5. The van der Waals surface area contributed by atoms with Gasteiger partial charge in [-0.2, -0.15) is 0 Å². The summed E-state index contributed by atoms with van der Waals surface area (Å²) in [4.78, 5) is 0. The van der Waals surface area contributed by atoms with Gasteiger partial charge in [0.15, 0.2) is 0 Å². The number of rotatable bonds is 15. The van der Waals surface area contributed by atoms with Crippen molar-refractivity contribution in [3.8, 4) is 0 Å². The molecule has 122 valence electrons. The van der Waals surface area contributed by atoms with Gasteiger partial charge in [-0.15, -0.1) is 0 Å². The van der Waals surface area contributed by atoms with Crippen LogP contribution < -0.4 is 0 Å². The molecule has 0 radical (unpaired) electrons. The number of hydrogen-bond acceptors (Lipinski definition) is 3. The second kappa shape index (κ2) is 15.3. The predicted octanol–water partition coefficient (Wildman–Crippen LogP) is 4.30. The van der Waals surface area contributed by atoms with E-state index in [1.807, 2.05) is 0 Å². The van der Waals surface area contributed by atoms with E-state index in [2.05, 4.69) is 27.7 Å². The highest BCUT2D eigenvalue weighted by atomic mass is 16.5. The quantitative estimate of drug-likeness (QED) is 0.421. The largest absolute Gasteiger partial charge is 0.379 e. The third kappa shape index (κ3) is 17.9. The molecule has 0 aliphatic rings. The number of hydrogen-bond donors (Lipinski definition) is 0. The zero-order valence-corrected chi connectivity index (χ0v) is 14.2. The van der Waals surface area contributed by atoms with E-state index in [0.717, 1.165) is 37.9 Å². The Morgan fingerprint density at radius 1 is 0.500 bits per heavy atom. The molecule has 0 saturated carbocycles. The second-order valence-electron chi connectivity index (χ2n) is 6.26. The first-order chi connectivity index (χ1) is 9.63. The molecule has 0 aliphatic heterocycles. The minimum Gasteiger partial charge on any atom is -0.379 e. The summed E-state index contributed by atoms with van der Waals surface area (Å²) in [5.41, 5.74) is 0. The molecule has 0 aromatic heterocycles. The van der Waals surface area contributed by atoms with Gasteiger partial charge in [-0.3, -0.25) is 0 Å². The van der Waals surface area contributed by atoms with Crippen LogP contribution in [0.25, 0.3) is 0 Å². The van der Waals surface area contributed by atoms with Crippen molar-refractivity contribution >= 4 is 0 Å². The predicted molar refractivity (Wildman–Crippen MR) is 85.2 cm³/mol. The Kier molecular flexibility index (Phi) is 15.2. The van der Waals surface area contributed by atoms with E-state index in [4.69, 9.17) is 14.2 Å². The van der Waals surface area contributed by atoms with Crippen molar-refractivity contribution < 1.29 is 14.2 Å². The maximum absolute atomic E-state index is 5.52. The molecule has 0 aromatic rings. The van der Waals surface area contributed by atoms with E-state index in [9.17, 15) is 0 Å². The summed E-state index contributed by atoms with van der Waals surface area (Å²) in [5.74, 6) is 1.58. The van der Waals surface area contributed by atoms with E-state index < -0.39 is 0 Å². The van der Waals surface area contributed by atoms with Crippen LogP contribution in [0, 0.1) is 11.8 Å². The molecule has 0 fully saturated rings. The lowest BCUT2D eigenvalue weighted by atomic mass is 10.1. The molecule has 3 heteroatoms. The Morgan fingerprint density at radius 2 is 0.900 bits per heavy atom. The van der Waals surface area contributed by atoms with Crippen molar-refractivity contribution in [2.24, 2.45) is 11.8 Å². The zero-order valence-electron chi connectivity index (χ0n) is 14.2. The lowest BCUT2D eigenvalue weighted by Gasteiger charge is -2.08. The minimum absolute atomic E-state index is 0.679. The Hall–Kier alpha value is -0.120. The van der Waals surface area contributed by atoms with Crippen molar-refractivity contribution in [1.29, 1.82) is 0 Å². The van der Waals surface area contributed by atoms with Crippen molar-refractivity contribution in [2.45, 2.75) is 59.8 Å². The van der Waals surface area contributed by atoms with Crippen molar-refractivity contribution in [3.05, 3.63) is 0 Å². The normalized spacial score (nSPS) is 11.7. The highest BCUT2D eigenvalue weighted by molar-refractivity contribution is 4.46. The first kappa shape index (κ1) is 19.9. The van der Waals surface area contributed by atoms with Gasteiger partial charge in [-0.25, -0.2) is 0 Å². The summed E-state index contributed by atoms with van der Waals surface area (Å²) in [5, 5.41) is 0. The van der Waals surface area contributed by atoms with Gasteiger partial charge >= 0.3 is 0 Å². The summed E-state index contributed by atoms with van der Waals surface area (Å²) in [6, 6.07) is 0. The topological polar surface area (TPSA) is 27.7 Å². The van der Waals surface area contributed by atoms with Gasteiger partial charge in [0.25, 0.3) is 0 Å². The van der Waals surface area contributed by atoms with E-state index >= 15 is 0 Å². The van der Waals surface area contributed by atoms with Crippen LogP contribution >= 0.6 is 0 Å². The third-order valence-electron chi connectivity index (χ3n) is 3.13. The van der Waals surface area contributed by atoms with Crippen molar-refractivity contribution in [1.82, 2.24) is 0 Å². The van der Waals surface area contributed by atoms with Crippen LogP contribution in [0.5, 0.6) is 0 Å². The molecule has 0 aromatic carbocycles. The monoisotopic (exact) mass is 288 g/mol. The summed E-state index contributed by atoms with van der Waals surface area (Å²) in [7, 11) is 0. The fourth-order valence-electron chi connectivity index (χ4n) is 1.89. The van der Waals surface area contributed by atoms with Crippen molar-refractivity contribution in [2.75, 3.05) is 39.6 Å². The maximum Gasteiger partial charge on any atom is 0.0701 e. The Labute approximate surface area is 126 Å². The van der Waals surface area contributed by atoms with Crippen LogP contribution in [0.1, 0.15) is 59.8 Å². The molecule has 0 N–H and O–H groups in total. The van der Waals surface area contributed by atoms with Gasteiger partial charge in [0.1, 0.15) is 0 Å². The van der Waals surface area contributed by atoms with Crippen LogP contribution in [0.2, 0.25) is 0 Å². The molecule has 0 spiro atoms. The molecule has 20 heavy (non-hydrogen) atoms. The van der Waals surface area contributed by atoms with Gasteiger partial charge in [-0.1, -0.05) is 40.5 Å². The molecule has 3 nitrogen and oxygen atoms in total. The first-order valence-corrected chi connectivity index (χ1v) is 8.36. The lowest BCUT2D eigenvalue weighted by Crippen LogP contribution is -2.10. The van der Waals surface area contributed by atoms with Crippen LogP contribution in [0.3, 0.4) is 0 Å². The Balaban J connectivity index is 2.96. The molecular weight excluding hydrogens is 252 g/mol. The highest BCUT2D eigenvalue weighted by Gasteiger charge is 1.96. The SMILES string of the molecule is CC(C)CCCCOCCOCCOCCCC(C)C. The van der Waals surface area contributed by atoms with Crippen LogP contribution in [0.4, 0.5) is 0 Å². The smallest absolute Gasteiger partial charge is 0.0701 e. The second-order valence-corrected chi connectivity index (χ2v) is 6.26. The Bertz CT molecular complexity index is 161. The summed E-state index contributed by atoms with van der Waals surface area (Å²) in [6.45, 7) is 13.5. The van der Waals surface area contributed by atoms with Crippen molar-refractivity contribution in [3.63, 3.8) is 0 Å². The van der Waals surface area contributed by atoms with Gasteiger partial charge < -0.3 is 14.2 Å². The summed E-state index contributed by atoms with van der Waals surface area (Å²) in [6.07, 6.45) is 6.12. The molecule has 0 aliphatic carbocycles. The van der Waals surface area contributed by atoms with E-state index in [1.165, 1.54) is 19.3 Å². The van der Waals surface area contributed by atoms with E-state index in [-0.39, 0.29) is 0 Å². The molecule has 0 rings (SSSR count). The molecule has 0 atom stereocenters. The molecular formula is C17H36O3. The molecule has 0 amide bonds. The van der Waals surface area contributed by atoms with Crippen LogP contribution in [0.15, 0.2) is 0 Å². The maximum atomic E-state index is 5.52. The van der Waals surface area contributed by atoms with Crippen LogP contribution in [-0.2, 0) is 14.2 Å². The number of unbranched alkanes of at least 4 members (excludes halogenated alkanes) is 1. The van der Waals surface area contributed by atoms with Gasteiger partial charge in [0.05, 0.1) is 26.4 Å². The van der Waals surface area contributed by atoms with E-state index in [1.54, 1.807) is 0 Å². The highest BCUT2D eigenvalue weighted by Crippen LogP contribution is 2.05. The molecule has 0 unspecified atom stereocenters. The van der Waals surface area contributed by atoms with E-state index in [0.29, 0.717) is 26.4 Å². The fourth-order valence-corrected chi connectivity index (χ4v) is 1.89. The average molecular weight is 288 g/mol. The van der Waals surface area contributed by atoms with Gasteiger partial charge in [-0.05, 0) is 31.1 Å². The van der Waals surface area contributed by atoms with Gasteiger partial charge in [0, 0.05) is 13.2 Å². The van der Waals surface area contributed by atoms with Gasteiger partial charge in [0.2, 0.25) is 0 Å². The zero-order chi connectivity index (χ0) is 15.1. The Morgan fingerprint density at radius 3 is 1.40 bits per heavy atom. The van der Waals surface area contributed by atoms with Crippen LogP contribution in [-0.4, -0.2) is 39.6 Å². The molecule has 0 heterocycles. The standard InChI is InChI=1S/C17H36O3/c1-16(2)8-5-6-10-18-12-14-20-15-13-19-11-7-9-17(3)4/h16-17H,5-15H2,1-4H3. The fraction of sp³-hybridized carbons (Fsp3) is 1.00. The lowest BCUT2D eigenvalue weighted by molar-refractivity contribution is 0.0129. The first-order valence-electron chi connectivity index (χ1n) is 8.36. The third-order valence-corrected chi connectivity index (χ3v) is 3.13. The average Bonchev–Trinajstić information content (AvgIpc) is 2.38. The molecule has 0 bridgehead atoms. The minimum atomic E-state index is 0.679. The summed E-state index contributed by atoms with van der Waals surface area (Å²) >= 11 is 0.